The van der Waals surface area contributed by atoms with Crippen LogP contribution in [0.25, 0.3) is 0 Å². The highest BCUT2D eigenvalue weighted by molar-refractivity contribution is 7.03. The lowest BCUT2D eigenvalue weighted by Gasteiger charge is -2.63. The maximum absolute atomic E-state index is 7.72. The van der Waals surface area contributed by atoms with Gasteiger partial charge in [0.25, 0.3) is 0 Å². The van der Waals surface area contributed by atoms with Crippen LogP contribution in [0.1, 0.15) is 158 Å². The quantitative estimate of drug-likeness (QED) is 0.0861. The molecule has 0 saturated carbocycles. The van der Waals surface area contributed by atoms with Crippen molar-refractivity contribution in [2.75, 3.05) is 0 Å². The molecule has 0 N–H and O–H groups in total. The van der Waals surface area contributed by atoms with E-state index >= 15 is 0 Å². The highest BCUT2D eigenvalue weighted by Gasteiger charge is 2.82. The van der Waals surface area contributed by atoms with Crippen molar-refractivity contribution in [3.05, 3.63) is 0 Å². The molecular weight excluding hydrogens is 801 g/mol. The lowest BCUT2D eigenvalue weighted by molar-refractivity contribution is -0.0312. The van der Waals surface area contributed by atoms with Crippen molar-refractivity contribution in [1.82, 2.24) is 0 Å². The molecule has 8 bridgehead atoms. The molecule has 0 spiro atoms. The zero-order valence-electron chi connectivity index (χ0n) is 33.9. The molecule has 52 heavy (non-hydrogen) atoms. The summed E-state index contributed by atoms with van der Waals surface area (Å²) in [6.45, 7) is 17.6. The summed E-state index contributed by atoms with van der Waals surface area (Å²) in [5, 5.41) is 0. The topological polar surface area (TPSA) is 111 Å². The normalized spacial score (nSPS) is 41.1. The Hall–Kier alpha value is 1.26. The molecule has 0 amide bonds. The van der Waals surface area contributed by atoms with Crippen molar-refractivity contribution in [2.24, 2.45) is 0 Å². The molecule has 0 aliphatic carbocycles. The van der Waals surface area contributed by atoms with Gasteiger partial charge in [0.2, 0.25) is 0 Å². The Morgan fingerprint density at radius 3 is 0.365 bits per heavy atom. The van der Waals surface area contributed by atoms with E-state index < -0.39 is 70.4 Å². The first-order chi connectivity index (χ1) is 25.0. The summed E-state index contributed by atoms with van der Waals surface area (Å²) >= 11 is 0. The van der Waals surface area contributed by atoms with Gasteiger partial charge in [-0.2, -0.15) is 0 Å². The summed E-state index contributed by atoms with van der Waals surface area (Å²) in [5.74, 6) is 0. The smallest absolute Gasteiger partial charge is 0.373 e. The highest BCUT2D eigenvalue weighted by atomic mass is 28.6. The van der Waals surface area contributed by atoms with Gasteiger partial charge in [0.1, 0.15) is 0 Å². The van der Waals surface area contributed by atoms with Crippen LogP contribution in [0.4, 0.5) is 0 Å². The lowest BCUT2D eigenvalue weighted by Crippen LogP contribution is -2.88. The van der Waals surface area contributed by atoms with Crippen LogP contribution >= 0.6 is 0 Å². The molecule has 6 heterocycles. The molecule has 0 aromatic heterocycles. The van der Waals surface area contributed by atoms with Crippen LogP contribution in [0.5, 0.6) is 0 Å². The van der Waals surface area contributed by atoms with E-state index in [0.717, 1.165) is 103 Å². The van der Waals surface area contributed by atoms with Crippen LogP contribution in [0, 0.1) is 0 Å². The van der Waals surface area contributed by atoms with Crippen LogP contribution in [-0.2, 0) is 49.4 Å². The standard InChI is InChI=1S/C32H72O12Si8/c1-9-17-25-45-33-46(26-18-10-2)36-49(29-21-13-5)38-47(34-45,27-19-11-3)40-51(31-23-15-7)41-48(35-45,28-20-12-4)39-50(37-46,30-22-14-6)43-52(42-49,44-51)32-24-16-8/h9-32H2,1-8H3. The summed E-state index contributed by atoms with van der Waals surface area (Å²) in [6.07, 6.45) is 14.4. The summed E-state index contributed by atoms with van der Waals surface area (Å²) < 4.78 is 92.6. The number of hydrogen-bond donors (Lipinski definition) is 0. The highest BCUT2D eigenvalue weighted by Crippen LogP contribution is 2.55. The van der Waals surface area contributed by atoms with E-state index in [0.29, 0.717) is 48.4 Å². The molecule has 20 heteroatoms. The van der Waals surface area contributed by atoms with Gasteiger partial charge in [-0.3, -0.25) is 0 Å². The summed E-state index contributed by atoms with van der Waals surface area (Å²) in [5.41, 5.74) is 0. The van der Waals surface area contributed by atoms with Crippen molar-refractivity contribution in [2.45, 2.75) is 206 Å². The maximum atomic E-state index is 7.72. The van der Waals surface area contributed by atoms with Crippen molar-refractivity contribution < 1.29 is 49.4 Å². The minimum absolute atomic E-state index is 0.590. The number of hydrogen-bond acceptors (Lipinski definition) is 12. The first kappa shape index (κ1) is 44.4. The van der Waals surface area contributed by atoms with Crippen LogP contribution in [0.3, 0.4) is 0 Å². The van der Waals surface area contributed by atoms with Gasteiger partial charge in [0.15, 0.2) is 0 Å². The Morgan fingerprint density at radius 1 is 0.192 bits per heavy atom. The summed E-state index contributed by atoms with van der Waals surface area (Å²) in [7, 11) is -29.8. The van der Waals surface area contributed by atoms with Gasteiger partial charge in [-0.05, 0) is 51.4 Å². The molecular formula is C32H72O12Si8. The van der Waals surface area contributed by atoms with Crippen molar-refractivity contribution in [3.63, 3.8) is 0 Å². The van der Waals surface area contributed by atoms with Crippen LogP contribution < -0.4 is 0 Å². The molecule has 6 saturated heterocycles. The fourth-order valence-corrected chi connectivity index (χ4v) is 59.5. The molecule has 0 aromatic rings. The molecule has 6 aliphatic rings. The Balaban J connectivity index is 1.88. The fraction of sp³-hybridized carbons (Fsp3) is 1.00. The molecule has 0 atom stereocenters. The zero-order chi connectivity index (χ0) is 37.5. The molecule has 0 unspecified atom stereocenters. The van der Waals surface area contributed by atoms with Crippen molar-refractivity contribution in [1.29, 1.82) is 0 Å². The summed E-state index contributed by atoms with van der Waals surface area (Å²) in [4.78, 5) is 0. The second-order valence-electron chi connectivity index (χ2n) is 15.5. The molecule has 6 fully saturated rings. The van der Waals surface area contributed by atoms with Gasteiger partial charge in [0, 0.05) is 48.4 Å². The van der Waals surface area contributed by atoms with Gasteiger partial charge >= 0.3 is 70.4 Å². The second kappa shape index (κ2) is 18.9. The van der Waals surface area contributed by atoms with Gasteiger partial charge in [-0.1, -0.05) is 107 Å². The van der Waals surface area contributed by atoms with Gasteiger partial charge in [-0.25, -0.2) is 0 Å². The van der Waals surface area contributed by atoms with E-state index in [9.17, 15) is 0 Å². The van der Waals surface area contributed by atoms with E-state index in [2.05, 4.69) is 55.4 Å². The first-order valence-corrected chi connectivity index (χ1v) is 36.8. The van der Waals surface area contributed by atoms with Gasteiger partial charge in [0.05, 0.1) is 0 Å². The van der Waals surface area contributed by atoms with Gasteiger partial charge < -0.3 is 49.4 Å². The van der Waals surface area contributed by atoms with Crippen LogP contribution in [-0.4, -0.2) is 70.4 Å². The third-order valence-corrected chi connectivity index (χ3v) is 48.0. The Kier molecular flexibility index (Phi) is 16.1. The third kappa shape index (κ3) is 10.1. The zero-order valence-corrected chi connectivity index (χ0v) is 41.9. The molecule has 0 aromatic carbocycles. The number of unbranched alkanes of at least 4 members (excludes halogenated alkanes) is 8. The second-order valence-corrected chi connectivity index (χ2v) is 40.2. The first-order valence-electron chi connectivity index (χ1n) is 21.4. The SMILES string of the molecule is CCCC[Si]12O[Si]3(CCCC)O[Si]4(CCCC)O[Si](CCCC)(O1)O[Si]1(CCCC)O[Si](CCCC)(O2)O[Si](CCCC)(O3)O[Si](CCCC)(O4)O1. The third-order valence-electron chi connectivity index (χ3n) is 10.4. The monoisotopic (exact) mass is 872 g/mol. The van der Waals surface area contributed by atoms with E-state index in [1.54, 1.807) is 0 Å². The predicted molar refractivity (Wildman–Crippen MR) is 217 cm³/mol. The average molecular weight is 874 g/mol. The van der Waals surface area contributed by atoms with E-state index in [1.807, 2.05) is 0 Å². The Morgan fingerprint density at radius 2 is 0.288 bits per heavy atom. The Bertz CT molecular complexity index is 808. The fourth-order valence-electron chi connectivity index (χ4n) is 7.71. The van der Waals surface area contributed by atoms with E-state index in [4.69, 9.17) is 49.4 Å². The Labute approximate surface area is 324 Å². The average Bonchev–Trinajstić information content (AvgIpc) is 3.08. The molecule has 0 radical (unpaired) electrons. The maximum Gasteiger partial charge on any atom is 0.478 e. The predicted octanol–water partition coefficient (Wildman–Crippen LogP) is 10.2. The largest absolute Gasteiger partial charge is 0.478 e. The lowest BCUT2D eigenvalue weighted by atomic mass is 10.4. The molecule has 304 valence electrons. The molecule has 6 aliphatic heterocycles. The van der Waals surface area contributed by atoms with Crippen LogP contribution in [0.15, 0.2) is 0 Å². The molecule has 6 rings (SSSR count). The summed E-state index contributed by atoms with van der Waals surface area (Å²) in [6, 6.07) is 4.72. The minimum atomic E-state index is -3.73. The number of rotatable bonds is 24. The van der Waals surface area contributed by atoms with Crippen molar-refractivity contribution in [3.8, 4) is 0 Å². The van der Waals surface area contributed by atoms with Gasteiger partial charge in [-0.15, -0.1) is 0 Å². The van der Waals surface area contributed by atoms with Crippen molar-refractivity contribution >= 4 is 70.4 Å². The molecule has 12 nitrogen and oxygen atoms in total. The van der Waals surface area contributed by atoms with E-state index in [-0.39, 0.29) is 0 Å². The van der Waals surface area contributed by atoms with Crippen LogP contribution in [0.2, 0.25) is 48.4 Å². The van der Waals surface area contributed by atoms with E-state index in [1.165, 1.54) is 0 Å². The minimum Gasteiger partial charge on any atom is -0.373 e.